The summed E-state index contributed by atoms with van der Waals surface area (Å²) in [6, 6.07) is 9.16. The number of benzene rings is 1. The number of hydrogen-bond donors (Lipinski definition) is 2. The first-order valence-electron chi connectivity index (χ1n) is 9.51. The van der Waals surface area contributed by atoms with Crippen LogP contribution >= 0.6 is 11.8 Å². The Morgan fingerprint density at radius 1 is 1.37 bits per heavy atom. The van der Waals surface area contributed by atoms with Gasteiger partial charge >= 0.3 is 0 Å². The number of nitrogens with zero attached hydrogens (tertiary/aromatic N) is 3. The monoisotopic (exact) mass is 427 g/mol. The summed E-state index contributed by atoms with van der Waals surface area (Å²) >= 11 is 1.36. The molecule has 4 rings (SSSR count). The zero-order valence-electron chi connectivity index (χ0n) is 15.9. The van der Waals surface area contributed by atoms with Crippen LogP contribution in [0, 0.1) is 23.1 Å². The topological polar surface area (TPSA) is 104 Å². The van der Waals surface area contributed by atoms with Crippen LogP contribution in [0.5, 0.6) is 0 Å². The molecule has 0 saturated heterocycles. The molecule has 0 radical (unpaired) electrons. The van der Waals surface area contributed by atoms with Gasteiger partial charge in [0.15, 0.2) is 5.17 Å². The first kappa shape index (κ1) is 20.3. The molecule has 1 saturated carbocycles. The minimum atomic E-state index is -0.938. The van der Waals surface area contributed by atoms with Crippen LogP contribution in [0.4, 0.5) is 14.5 Å². The van der Waals surface area contributed by atoms with Crippen molar-refractivity contribution in [3.05, 3.63) is 59.2 Å². The molecule has 1 aromatic carbocycles. The highest BCUT2D eigenvalue weighted by Gasteiger charge is 2.48. The molecule has 1 aliphatic heterocycles. The fourth-order valence-corrected chi connectivity index (χ4v) is 5.12. The van der Waals surface area contributed by atoms with Crippen LogP contribution in [0.2, 0.25) is 0 Å². The first-order chi connectivity index (χ1) is 14.4. The van der Waals surface area contributed by atoms with Crippen molar-refractivity contribution >= 4 is 28.5 Å². The summed E-state index contributed by atoms with van der Waals surface area (Å²) in [6.45, 7) is 0. The number of rotatable bonds is 3. The van der Waals surface area contributed by atoms with Gasteiger partial charge in [0.1, 0.15) is 23.8 Å². The molecular weight excluding hydrogens is 408 g/mol. The Bertz CT molecular complexity index is 1050. The van der Waals surface area contributed by atoms with Gasteiger partial charge in [-0.1, -0.05) is 11.8 Å². The molecular formula is C21H19F2N5OS. The number of amidine groups is 1. The second-order valence-corrected chi connectivity index (χ2v) is 8.49. The highest BCUT2D eigenvalue weighted by atomic mass is 32.2. The zero-order chi connectivity index (χ0) is 21.3. The van der Waals surface area contributed by atoms with E-state index in [0.29, 0.717) is 40.6 Å². The Labute approximate surface area is 176 Å². The van der Waals surface area contributed by atoms with Crippen LogP contribution in [0.15, 0.2) is 41.5 Å². The number of nitrogens with one attached hydrogen (secondary N) is 1. The number of alkyl halides is 1. The first-order valence-corrected chi connectivity index (χ1v) is 10.5. The average Bonchev–Trinajstić information content (AvgIpc) is 2.75. The predicted octanol–water partition coefficient (Wildman–Crippen LogP) is 3.74. The van der Waals surface area contributed by atoms with Crippen molar-refractivity contribution < 1.29 is 13.6 Å². The number of aromatic nitrogens is 1. The van der Waals surface area contributed by atoms with Crippen molar-refractivity contribution in [3.8, 4) is 6.07 Å². The SMILES string of the molecule is N#Cc1ccc(C(=O)Nc2ccc(F)c([C@]34CC[C@@H](F)C[C@H]3CSC(N)=N4)c2)nc1. The van der Waals surface area contributed by atoms with Gasteiger partial charge in [-0.3, -0.25) is 9.79 Å². The number of thioether (sulfide) groups is 1. The fraction of sp³-hybridized carbons (Fsp3) is 0.333. The van der Waals surface area contributed by atoms with E-state index in [-0.39, 0.29) is 18.0 Å². The Morgan fingerprint density at radius 3 is 2.93 bits per heavy atom. The number of aliphatic imine (C=N–C) groups is 1. The lowest BCUT2D eigenvalue weighted by atomic mass is 9.69. The summed E-state index contributed by atoms with van der Waals surface area (Å²) in [5.74, 6) is -0.559. The van der Waals surface area contributed by atoms with Crippen LogP contribution < -0.4 is 11.1 Å². The number of anilines is 1. The minimum absolute atomic E-state index is 0.130. The largest absolute Gasteiger partial charge is 0.379 e. The molecule has 3 atom stereocenters. The van der Waals surface area contributed by atoms with Gasteiger partial charge < -0.3 is 11.1 Å². The van der Waals surface area contributed by atoms with Crippen molar-refractivity contribution in [1.82, 2.24) is 4.98 Å². The second kappa shape index (κ2) is 8.03. The van der Waals surface area contributed by atoms with E-state index < -0.39 is 23.4 Å². The van der Waals surface area contributed by atoms with E-state index >= 15 is 0 Å². The molecule has 9 heteroatoms. The molecule has 0 unspecified atom stereocenters. The van der Waals surface area contributed by atoms with Gasteiger partial charge in [-0.15, -0.1) is 0 Å². The maximum atomic E-state index is 14.9. The molecule has 1 aromatic heterocycles. The van der Waals surface area contributed by atoms with Crippen molar-refractivity contribution in [2.45, 2.75) is 31.0 Å². The lowest BCUT2D eigenvalue weighted by Gasteiger charge is -2.45. The van der Waals surface area contributed by atoms with E-state index in [0.717, 1.165) is 0 Å². The number of fused-ring (bicyclic) bond motifs is 1. The second-order valence-electron chi connectivity index (χ2n) is 7.45. The molecule has 2 heterocycles. The van der Waals surface area contributed by atoms with E-state index in [1.165, 1.54) is 42.2 Å². The van der Waals surface area contributed by atoms with Crippen molar-refractivity contribution in [3.63, 3.8) is 0 Å². The van der Waals surface area contributed by atoms with Crippen molar-refractivity contribution in [2.24, 2.45) is 16.6 Å². The average molecular weight is 427 g/mol. The summed E-state index contributed by atoms with van der Waals surface area (Å²) in [6.07, 6.45) is 1.30. The normalized spacial score (nSPS) is 25.6. The van der Waals surface area contributed by atoms with Gasteiger partial charge in [0.25, 0.3) is 5.91 Å². The van der Waals surface area contributed by atoms with Crippen LogP contribution in [0.25, 0.3) is 0 Å². The van der Waals surface area contributed by atoms with Gasteiger partial charge in [0, 0.05) is 29.1 Å². The molecule has 2 aromatic rings. The molecule has 3 N–H and O–H groups in total. The lowest BCUT2D eigenvalue weighted by Crippen LogP contribution is -2.45. The van der Waals surface area contributed by atoms with Crippen LogP contribution in [-0.2, 0) is 5.54 Å². The van der Waals surface area contributed by atoms with E-state index in [4.69, 9.17) is 11.0 Å². The number of halogens is 2. The Morgan fingerprint density at radius 2 is 2.20 bits per heavy atom. The van der Waals surface area contributed by atoms with Gasteiger partial charge in [-0.05, 0) is 49.6 Å². The van der Waals surface area contributed by atoms with Crippen molar-refractivity contribution in [1.29, 1.82) is 5.26 Å². The number of nitrogens with two attached hydrogens (primary N) is 1. The molecule has 2 aliphatic rings. The Balaban J connectivity index is 1.66. The fourth-order valence-electron chi connectivity index (χ4n) is 4.11. The number of nitriles is 1. The number of hydrogen-bond acceptors (Lipinski definition) is 6. The third-order valence-corrected chi connectivity index (χ3v) is 6.57. The molecule has 30 heavy (non-hydrogen) atoms. The quantitative estimate of drug-likeness (QED) is 0.777. The Kier molecular flexibility index (Phi) is 5.43. The molecule has 0 bridgehead atoms. The van der Waals surface area contributed by atoms with Gasteiger partial charge in [0.2, 0.25) is 0 Å². The Hall–Kier alpha value is -2.99. The molecule has 1 fully saturated rings. The molecule has 0 spiro atoms. The van der Waals surface area contributed by atoms with E-state index in [1.807, 2.05) is 6.07 Å². The maximum Gasteiger partial charge on any atom is 0.274 e. The summed E-state index contributed by atoms with van der Waals surface area (Å²) < 4.78 is 29.0. The number of pyridine rings is 1. The highest BCUT2D eigenvalue weighted by molar-refractivity contribution is 8.13. The third-order valence-electron chi connectivity index (χ3n) is 5.61. The summed E-state index contributed by atoms with van der Waals surface area (Å²) in [5, 5.41) is 11.9. The van der Waals surface area contributed by atoms with Gasteiger partial charge in [-0.2, -0.15) is 5.26 Å². The zero-order valence-corrected chi connectivity index (χ0v) is 16.8. The van der Waals surface area contributed by atoms with Gasteiger partial charge in [0.05, 0.1) is 11.1 Å². The third kappa shape index (κ3) is 3.75. The van der Waals surface area contributed by atoms with E-state index in [9.17, 15) is 13.6 Å². The van der Waals surface area contributed by atoms with E-state index in [1.54, 1.807) is 6.07 Å². The molecule has 1 amide bonds. The van der Waals surface area contributed by atoms with Gasteiger partial charge in [-0.25, -0.2) is 13.8 Å². The summed E-state index contributed by atoms with van der Waals surface area (Å²) in [7, 11) is 0. The molecule has 6 nitrogen and oxygen atoms in total. The maximum absolute atomic E-state index is 14.9. The predicted molar refractivity (Wildman–Crippen MR) is 111 cm³/mol. The van der Waals surface area contributed by atoms with Crippen LogP contribution in [0.3, 0.4) is 0 Å². The summed E-state index contributed by atoms with van der Waals surface area (Å²) in [5.41, 5.74) is 6.19. The number of carbonyl (C=O) groups is 1. The standard InChI is InChI=1S/C21H19F2N5OS/c22-14-5-6-21(13(7-14)11-30-20(25)28-21)16-8-15(2-3-17(16)23)27-19(29)18-4-1-12(9-24)10-26-18/h1-4,8,10,13-14H,5-7,11H2,(H2,25,28)(H,27,29)/t13-,14+,21-/m0/s1. The van der Waals surface area contributed by atoms with Crippen molar-refractivity contribution in [2.75, 3.05) is 11.1 Å². The number of amides is 1. The molecule has 1 aliphatic carbocycles. The minimum Gasteiger partial charge on any atom is -0.379 e. The lowest BCUT2D eigenvalue weighted by molar-refractivity contribution is 0.102. The van der Waals surface area contributed by atoms with Crippen LogP contribution in [0.1, 0.15) is 40.9 Å². The van der Waals surface area contributed by atoms with E-state index in [2.05, 4.69) is 15.3 Å². The number of carbonyl (C=O) groups excluding carboxylic acids is 1. The smallest absolute Gasteiger partial charge is 0.274 e. The summed E-state index contributed by atoms with van der Waals surface area (Å²) in [4.78, 5) is 21.1. The van der Waals surface area contributed by atoms with Crippen LogP contribution in [-0.4, -0.2) is 28.0 Å². The molecule has 154 valence electrons. The highest BCUT2D eigenvalue weighted by Crippen LogP contribution is 2.50.